The van der Waals surface area contributed by atoms with Crippen molar-refractivity contribution < 1.29 is 9.59 Å². The maximum absolute atomic E-state index is 11.9. The smallest absolute Gasteiger partial charge is 0.314 e. The lowest BCUT2D eigenvalue weighted by Gasteiger charge is -2.18. The Balaban J connectivity index is 1.80. The molecule has 0 aliphatic rings. The second-order valence-corrected chi connectivity index (χ2v) is 6.82. The number of hydrogen-bond acceptors (Lipinski definition) is 2. The van der Waals surface area contributed by atoms with Crippen LogP contribution in [0.2, 0.25) is 0 Å². The van der Waals surface area contributed by atoms with Crippen LogP contribution in [-0.2, 0) is 4.79 Å². The maximum atomic E-state index is 11.9. The number of benzene rings is 2. The summed E-state index contributed by atoms with van der Waals surface area (Å²) in [4.78, 5) is 23.5. The Morgan fingerprint density at radius 2 is 1.33 bits per heavy atom. The second kappa shape index (κ2) is 11.0. The van der Waals surface area contributed by atoms with E-state index in [0.717, 1.165) is 6.42 Å². The average Bonchev–Trinajstić information content (AvgIpc) is 2.66. The first-order chi connectivity index (χ1) is 13.1. The zero-order valence-electron chi connectivity index (χ0n) is 16.1. The van der Waals surface area contributed by atoms with E-state index in [4.69, 9.17) is 0 Å². The fourth-order valence-corrected chi connectivity index (χ4v) is 2.97. The van der Waals surface area contributed by atoms with Crippen molar-refractivity contribution in [2.45, 2.75) is 38.6 Å². The summed E-state index contributed by atoms with van der Waals surface area (Å²) >= 11 is 0. The lowest BCUT2D eigenvalue weighted by Crippen LogP contribution is -2.39. The summed E-state index contributed by atoms with van der Waals surface area (Å²) < 4.78 is 0. The number of hydrogen-bond donors (Lipinski definition) is 3. The molecule has 0 aromatic heterocycles. The van der Waals surface area contributed by atoms with E-state index in [1.165, 1.54) is 11.1 Å². The molecule has 5 nitrogen and oxygen atoms in total. The molecule has 0 saturated carbocycles. The summed E-state index contributed by atoms with van der Waals surface area (Å²) in [6.45, 7) is 4.70. The molecule has 0 saturated heterocycles. The van der Waals surface area contributed by atoms with Crippen LogP contribution >= 0.6 is 0 Å². The summed E-state index contributed by atoms with van der Waals surface area (Å²) in [6, 6.07) is 20.5. The fraction of sp³-hybridized carbons (Fsp3) is 0.364. The van der Waals surface area contributed by atoms with E-state index in [1.807, 2.05) is 50.2 Å². The quantitative estimate of drug-likeness (QED) is 0.635. The maximum Gasteiger partial charge on any atom is 0.314 e. The Hall–Kier alpha value is -2.82. The van der Waals surface area contributed by atoms with Gasteiger partial charge < -0.3 is 16.0 Å². The molecule has 2 aromatic carbocycles. The lowest BCUT2D eigenvalue weighted by atomic mass is 9.88. The highest BCUT2D eigenvalue weighted by Crippen LogP contribution is 2.27. The van der Waals surface area contributed by atoms with Crippen LogP contribution in [0.15, 0.2) is 60.7 Å². The number of carbonyl (C=O) groups excluding carboxylic acids is 2. The van der Waals surface area contributed by atoms with Gasteiger partial charge in [0.25, 0.3) is 0 Å². The molecule has 5 heteroatoms. The van der Waals surface area contributed by atoms with Crippen LogP contribution in [0.1, 0.15) is 43.7 Å². The monoisotopic (exact) mass is 367 g/mol. The van der Waals surface area contributed by atoms with Gasteiger partial charge in [-0.15, -0.1) is 0 Å². The van der Waals surface area contributed by atoms with Crippen LogP contribution in [-0.4, -0.2) is 31.1 Å². The zero-order chi connectivity index (χ0) is 19.5. The Morgan fingerprint density at radius 1 is 0.815 bits per heavy atom. The van der Waals surface area contributed by atoms with Gasteiger partial charge in [-0.2, -0.15) is 0 Å². The number of carbonyl (C=O) groups is 2. The van der Waals surface area contributed by atoms with Crippen molar-refractivity contribution in [3.63, 3.8) is 0 Å². The summed E-state index contributed by atoms with van der Waals surface area (Å²) in [7, 11) is 0. The molecule has 0 bridgehead atoms. The van der Waals surface area contributed by atoms with Crippen LogP contribution < -0.4 is 16.0 Å². The molecule has 0 aliphatic carbocycles. The molecule has 3 N–H and O–H groups in total. The van der Waals surface area contributed by atoms with Gasteiger partial charge in [0.05, 0.1) is 0 Å². The molecule has 0 radical (unpaired) electrons. The third-order valence-electron chi connectivity index (χ3n) is 4.21. The zero-order valence-corrected chi connectivity index (χ0v) is 16.1. The molecule has 0 heterocycles. The van der Waals surface area contributed by atoms with Crippen molar-refractivity contribution in [3.8, 4) is 0 Å². The van der Waals surface area contributed by atoms with Crippen molar-refractivity contribution >= 4 is 11.9 Å². The van der Waals surface area contributed by atoms with E-state index in [9.17, 15) is 9.59 Å². The summed E-state index contributed by atoms with van der Waals surface area (Å²) in [5, 5.41) is 8.41. The highest BCUT2D eigenvalue weighted by Gasteiger charge is 2.14. The standard InChI is InChI=1S/C22H29N3O2/c1-17(2)25-21(26)14-16-24-22(27)23-15-13-20(18-9-5-3-6-10-18)19-11-7-4-8-12-19/h3-12,17,20H,13-16H2,1-2H3,(H,25,26)(H2,23,24,27). The van der Waals surface area contributed by atoms with Gasteiger partial charge in [0.1, 0.15) is 0 Å². The van der Waals surface area contributed by atoms with E-state index in [2.05, 4.69) is 40.2 Å². The van der Waals surface area contributed by atoms with Gasteiger partial charge in [0.15, 0.2) is 0 Å². The summed E-state index contributed by atoms with van der Waals surface area (Å²) in [6.07, 6.45) is 1.08. The first-order valence-electron chi connectivity index (χ1n) is 9.47. The SMILES string of the molecule is CC(C)NC(=O)CCNC(=O)NCCC(c1ccccc1)c1ccccc1. The number of nitrogens with one attached hydrogen (secondary N) is 3. The highest BCUT2D eigenvalue weighted by molar-refractivity contribution is 5.78. The van der Waals surface area contributed by atoms with Gasteiger partial charge in [0, 0.05) is 31.5 Å². The molecule has 0 aliphatic heterocycles. The Labute approximate surface area is 161 Å². The van der Waals surface area contributed by atoms with Gasteiger partial charge in [-0.05, 0) is 31.4 Å². The van der Waals surface area contributed by atoms with Crippen molar-refractivity contribution in [1.82, 2.24) is 16.0 Å². The number of amides is 3. The minimum absolute atomic E-state index is 0.0569. The molecular formula is C22H29N3O2. The molecule has 2 aromatic rings. The largest absolute Gasteiger partial charge is 0.354 e. The van der Waals surface area contributed by atoms with Crippen LogP contribution in [0.25, 0.3) is 0 Å². The first-order valence-corrected chi connectivity index (χ1v) is 9.47. The molecule has 27 heavy (non-hydrogen) atoms. The van der Waals surface area contributed by atoms with Crippen molar-refractivity contribution in [3.05, 3.63) is 71.8 Å². The fourth-order valence-electron chi connectivity index (χ4n) is 2.97. The highest BCUT2D eigenvalue weighted by atomic mass is 16.2. The minimum Gasteiger partial charge on any atom is -0.354 e. The van der Waals surface area contributed by atoms with Gasteiger partial charge in [-0.1, -0.05) is 60.7 Å². The van der Waals surface area contributed by atoms with Crippen molar-refractivity contribution in [2.75, 3.05) is 13.1 Å². The van der Waals surface area contributed by atoms with E-state index < -0.39 is 0 Å². The van der Waals surface area contributed by atoms with Crippen LogP contribution in [0.3, 0.4) is 0 Å². The van der Waals surface area contributed by atoms with E-state index in [0.29, 0.717) is 13.1 Å². The third kappa shape index (κ3) is 7.52. The molecule has 0 atom stereocenters. The molecule has 0 fully saturated rings. The van der Waals surface area contributed by atoms with Crippen LogP contribution in [0, 0.1) is 0 Å². The Morgan fingerprint density at radius 3 is 1.85 bits per heavy atom. The molecule has 3 amide bonds. The van der Waals surface area contributed by atoms with Crippen molar-refractivity contribution in [1.29, 1.82) is 0 Å². The molecular weight excluding hydrogens is 338 g/mol. The van der Waals surface area contributed by atoms with Crippen LogP contribution in [0.5, 0.6) is 0 Å². The Kier molecular flexibility index (Phi) is 8.36. The van der Waals surface area contributed by atoms with E-state index >= 15 is 0 Å². The van der Waals surface area contributed by atoms with E-state index in [-0.39, 0.29) is 30.3 Å². The van der Waals surface area contributed by atoms with Gasteiger partial charge >= 0.3 is 6.03 Å². The molecule has 0 spiro atoms. The number of rotatable bonds is 9. The summed E-state index contributed by atoms with van der Waals surface area (Å²) in [5.41, 5.74) is 2.47. The van der Waals surface area contributed by atoms with Gasteiger partial charge in [-0.3, -0.25) is 4.79 Å². The Bertz CT molecular complexity index is 663. The van der Waals surface area contributed by atoms with E-state index in [1.54, 1.807) is 0 Å². The predicted octanol–water partition coefficient (Wildman–Crippen LogP) is 3.42. The normalized spacial score (nSPS) is 10.7. The minimum atomic E-state index is -0.243. The molecule has 2 rings (SSSR count). The van der Waals surface area contributed by atoms with Crippen LogP contribution in [0.4, 0.5) is 4.79 Å². The van der Waals surface area contributed by atoms with Crippen molar-refractivity contribution in [2.24, 2.45) is 0 Å². The summed E-state index contributed by atoms with van der Waals surface area (Å²) in [5.74, 6) is 0.169. The third-order valence-corrected chi connectivity index (χ3v) is 4.21. The second-order valence-electron chi connectivity index (χ2n) is 6.82. The molecule has 0 unspecified atom stereocenters. The average molecular weight is 367 g/mol. The number of urea groups is 1. The molecule has 144 valence electrons. The predicted molar refractivity (Wildman–Crippen MR) is 109 cm³/mol. The lowest BCUT2D eigenvalue weighted by molar-refractivity contribution is -0.121. The van der Waals surface area contributed by atoms with Gasteiger partial charge in [-0.25, -0.2) is 4.79 Å². The first kappa shape index (κ1) is 20.5. The van der Waals surface area contributed by atoms with Gasteiger partial charge in [0.2, 0.25) is 5.91 Å². The topological polar surface area (TPSA) is 70.2 Å².